The SMILES string of the molecule is CCCC[NH+](CC(=O)Nc1ccccc1C#N)Cc1nc2ccccc2c(=O)[nH]1. The van der Waals surface area contributed by atoms with Crippen molar-refractivity contribution in [3.05, 3.63) is 70.3 Å². The Labute approximate surface area is 169 Å². The molecule has 0 saturated heterocycles. The van der Waals surface area contributed by atoms with Crippen LogP contribution in [0.1, 0.15) is 31.2 Å². The van der Waals surface area contributed by atoms with Gasteiger partial charge in [0.15, 0.2) is 12.4 Å². The van der Waals surface area contributed by atoms with E-state index in [1.165, 1.54) is 0 Å². The van der Waals surface area contributed by atoms with Crippen molar-refractivity contribution in [1.29, 1.82) is 5.26 Å². The lowest BCUT2D eigenvalue weighted by molar-refractivity contribution is -0.906. The van der Waals surface area contributed by atoms with Crippen molar-refractivity contribution < 1.29 is 9.69 Å². The van der Waals surface area contributed by atoms with E-state index in [0.717, 1.165) is 24.3 Å². The number of aromatic amines is 1. The Morgan fingerprint density at radius 1 is 1.21 bits per heavy atom. The van der Waals surface area contributed by atoms with E-state index in [-0.39, 0.29) is 18.0 Å². The number of anilines is 1. The zero-order chi connectivity index (χ0) is 20.6. The van der Waals surface area contributed by atoms with Gasteiger partial charge >= 0.3 is 0 Å². The zero-order valence-electron chi connectivity index (χ0n) is 16.4. The van der Waals surface area contributed by atoms with E-state index >= 15 is 0 Å². The Balaban J connectivity index is 1.75. The molecule has 3 N–H and O–H groups in total. The summed E-state index contributed by atoms with van der Waals surface area (Å²) < 4.78 is 0. The molecule has 3 rings (SSSR count). The normalized spacial score (nSPS) is 11.7. The molecule has 0 bridgehead atoms. The van der Waals surface area contributed by atoms with Gasteiger partial charge in [0.25, 0.3) is 11.5 Å². The van der Waals surface area contributed by atoms with Gasteiger partial charge in [-0.2, -0.15) is 5.26 Å². The number of rotatable bonds is 8. The maximum absolute atomic E-state index is 12.6. The lowest BCUT2D eigenvalue weighted by Gasteiger charge is -2.18. The van der Waals surface area contributed by atoms with Crippen LogP contribution in [0.4, 0.5) is 5.69 Å². The number of amides is 1. The summed E-state index contributed by atoms with van der Waals surface area (Å²) in [4.78, 5) is 33.3. The lowest BCUT2D eigenvalue weighted by Crippen LogP contribution is -3.12. The quantitative estimate of drug-likeness (QED) is 0.544. The summed E-state index contributed by atoms with van der Waals surface area (Å²) in [6.45, 7) is 3.53. The number of para-hydroxylation sites is 2. The Morgan fingerprint density at radius 2 is 1.97 bits per heavy atom. The zero-order valence-corrected chi connectivity index (χ0v) is 16.4. The number of hydrogen-bond donors (Lipinski definition) is 3. The van der Waals surface area contributed by atoms with Gasteiger partial charge in [-0.3, -0.25) is 9.59 Å². The molecule has 0 saturated carbocycles. The van der Waals surface area contributed by atoms with Gasteiger partial charge in [0.2, 0.25) is 0 Å². The number of nitrogens with zero attached hydrogens (tertiary/aromatic N) is 2. The average molecular weight is 390 g/mol. The van der Waals surface area contributed by atoms with Gasteiger partial charge < -0.3 is 15.2 Å². The summed E-state index contributed by atoms with van der Waals surface area (Å²) in [5.74, 6) is 0.381. The second kappa shape index (κ2) is 9.62. The molecule has 1 aromatic heterocycles. The summed E-state index contributed by atoms with van der Waals surface area (Å²) >= 11 is 0. The predicted molar refractivity (Wildman–Crippen MR) is 111 cm³/mol. The number of aromatic nitrogens is 2. The number of nitrogens with one attached hydrogen (secondary N) is 3. The van der Waals surface area contributed by atoms with Crippen LogP contribution in [0.15, 0.2) is 53.3 Å². The minimum atomic E-state index is -0.179. The number of carbonyl (C=O) groups is 1. The maximum atomic E-state index is 12.6. The van der Waals surface area contributed by atoms with E-state index in [2.05, 4.69) is 28.3 Å². The molecule has 3 aromatic rings. The first kappa shape index (κ1) is 20.2. The fourth-order valence-corrected chi connectivity index (χ4v) is 3.23. The summed E-state index contributed by atoms with van der Waals surface area (Å²) in [6.07, 6.45) is 1.96. The van der Waals surface area contributed by atoms with Crippen molar-refractivity contribution in [2.75, 3.05) is 18.4 Å². The standard InChI is InChI=1S/C22H23N5O2/c1-2-3-12-27(15-21(28)25-18-10-6-4-8-16(18)13-23)14-20-24-19-11-7-5-9-17(19)22(29)26-20/h4-11H,2-3,12,14-15H2,1H3,(H,25,28)(H,24,26,29)/p+1. The number of hydrogen-bond acceptors (Lipinski definition) is 4. The minimum absolute atomic E-state index is 0.173. The van der Waals surface area contributed by atoms with Gasteiger partial charge in [0.05, 0.1) is 28.7 Å². The minimum Gasteiger partial charge on any atom is -0.321 e. The Kier molecular flexibility index (Phi) is 6.72. The van der Waals surface area contributed by atoms with Gasteiger partial charge in [-0.05, 0) is 30.7 Å². The van der Waals surface area contributed by atoms with Gasteiger partial charge in [0.1, 0.15) is 12.6 Å². The number of unbranched alkanes of at least 4 members (excludes halogenated alkanes) is 1. The van der Waals surface area contributed by atoms with Gasteiger partial charge in [-0.1, -0.05) is 37.6 Å². The summed E-state index contributed by atoms with van der Waals surface area (Å²) in [7, 11) is 0. The molecular formula is C22H24N5O2+. The van der Waals surface area contributed by atoms with Crippen molar-refractivity contribution in [1.82, 2.24) is 9.97 Å². The third-order valence-corrected chi connectivity index (χ3v) is 4.70. The molecule has 0 fully saturated rings. The summed E-state index contributed by atoms with van der Waals surface area (Å²) in [5, 5.41) is 12.6. The highest BCUT2D eigenvalue weighted by Gasteiger charge is 2.17. The highest BCUT2D eigenvalue weighted by molar-refractivity contribution is 5.92. The van der Waals surface area contributed by atoms with Crippen LogP contribution in [0.3, 0.4) is 0 Å². The van der Waals surface area contributed by atoms with Crippen LogP contribution in [0.25, 0.3) is 10.9 Å². The average Bonchev–Trinajstić information content (AvgIpc) is 2.72. The van der Waals surface area contributed by atoms with Crippen LogP contribution in [-0.4, -0.2) is 29.0 Å². The van der Waals surface area contributed by atoms with Crippen molar-refractivity contribution in [2.24, 2.45) is 0 Å². The first-order valence-corrected chi connectivity index (χ1v) is 9.71. The molecule has 0 spiro atoms. The first-order valence-electron chi connectivity index (χ1n) is 9.71. The van der Waals surface area contributed by atoms with Crippen molar-refractivity contribution in [2.45, 2.75) is 26.3 Å². The molecule has 7 nitrogen and oxygen atoms in total. The van der Waals surface area contributed by atoms with E-state index < -0.39 is 0 Å². The maximum Gasteiger partial charge on any atom is 0.279 e. The van der Waals surface area contributed by atoms with Gasteiger partial charge in [-0.25, -0.2) is 4.98 Å². The predicted octanol–water partition coefficient (Wildman–Crippen LogP) is 1.62. The van der Waals surface area contributed by atoms with Crippen LogP contribution >= 0.6 is 0 Å². The van der Waals surface area contributed by atoms with E-state index in [1.54, 1.807) is 36.4 Å². The second-order valence-electron chi connectivity index (χ2n) is 6.94. The van der Waals surface area contributed by atoms with Gasteiger partial charge in [0, 0.05) is 0 Å². The third-order valence-electron chi connectivity index (χ3n) is 4.70. The summed E-state index contributed by atoms with van der Waals surface area (Å²) in [5.41, 5.74) is 1.41. The molecule has 0 aliphatic rings. The fourth-order valence-electron chi connectivity index (χ4n) is 3.23. The molecule has 1 unspecified atom stereocenters. The van der Waals surface area contributed by atoms with Crippen LogP contribution in [0.2, 0.25) is 0 Å². The Morgan fingerprint density at radius 3 is 2.76 bits per heavy atom. The van der Waals surface area contributed by atoms with Crippen molar-refractivity contribution >= 4 is 22.5 Å². The highest BCUT2D eigenvalue weighted by atomic mass is 16.2. The van der Waals surface area contributed by atoms with E-state index in [4.69, 9.17) is 0 Å². The molecule has 1 heterocycles. The molecule has 1 amide bonds. The Hall–Kier alpha value is -3.50. The second-order valence-corrected chi connectivity index (χ2v) is 6.94. The van der Waals surface area contributed by atoms with Gasteiger partial charge in [-0.15, -0.1) is 0 Å². The van der Waals surface area contributed by atoms with Crippen LogP contribution < -0.4 is 15.8 Å². The number of carbonyl (C=O) groups excluding carboxylic acids is 1. The molecule has 0 aliphatic heterocycles. The smallest absolute Gasteiger partial charge is 0.279 e. The molecule has 2 aromatic carbocycles. The number of quaternary nitrogens is 1. The lowest BCUT2D eigenvalue weighted by atomic mass is 10.2. The topological polar surface area (TPSA) is 103 Å². The third kappa shape index (κ3) is 5.27. The Bertz CT molecular complexity index is 1100. The molecule has 1 atom stereocenters. The molecule has 0 radical (unpaired) electrons. The molecule has 0 aliphatic carbocycles. The van der Waals surface area contributed by atoms with Crippen LogP contribution in [0, 0.1) is 11.3 Å². The number of fused-ring (bicyclic) bond motifs is 1. The number of H-pyrrole nitrogens is 1. The van der Waals surface area contributed by atoms with E-state index in [1.807, 2.05) is 12.1 Å². The summed E-state index contributed by atoms with van der Waals surface area (Å²) in [6, 6.07) is 16.2. The van der Waals surface area contributed by atoms with E-state index in [9.17, 15) is 14.9 Å². The molecule has 29 heavy (non-hydrogen) atoms. The largest absolute Gasteiger partial charge is 0.321 e. The fraction of sp³-hybridized carbons (Fsp3) is 0.273. The molecular weight excluding hydrogens is 366 g/mol. The highest BCUT2D eigenvalue weighted by Crippen LogP contribution is 2.12. The molecule has 7 heteroatoms. The van der Waals surface area contributed by atoms with Crippen LogP contribution in [0.5, 0.6) is 0 Å². The van der Waals surface area contributed by atoms with Crippen LogP contribution in [-0.2, 0) is 11.3 Å². The van der Waals surface area contributed by atoms with Crippen molar-refractivity contribution in [3.8, 4) is 6.07 Å². The monoisotopic (exact) mass is 390 g/mol. The first-order chi connectivity index (χ1) is 14.1. The van der Waals surface area contributed by atoms with E-state index in [0.29, 0.717) is 34.5 Å². The number of nitriles is 1. The van der Waals surface area contributed by atoms with Crippen molar-refractivity contribution in [3.63, 3.8) is 0 Å². The molecule has 148 valence electrons. The number of benzene rings is 2.